The topological polar surface area (TPSA) is 66.9 Å². The summed E-state index contributed by atoms with van der Waals surface area (Å²) in [7, 11) is -2.15. The van der Waals surface area contributed by atoms with Crippen LogP contribution < -0.4 is 0 Å². The van der Waals surface area contributed by atoms with Gasteiger partial charge in [0.2, 0.25) is 10.0 Å². The Hall–Kier alpha value is -2.74. The molecule has 0 aliphatic carbocycles. The van der Waals surface area contributed by atoms with Crippen molar-refractivity contribution in [2.24, 2.45) is 0 Å². The summed E-state index contributed by atoms with van der Waals surface area (Å²) >= 11 is 0. The van der Waals surface area contributed by atoms with Gasteiger partial charge in [-0.3, -0.25) is 4.90 Å². The van der Waals surface area contributed by atoms with Crippen LogP contribution in [0.1, 0.15) is 15.9 Å². The van der Waals surface area contributed by atoms with Crippen LogP contribution in [0.3, 0.4) is 0 Å². The number of esters is 1. The SMILES string of the molecule is COC(=O)c1ccc(CN2CCN(S(=O)(=O)c3ccc4ccccc4c3)CC2)cc1. The highest BCUT2D eigenvalue weighted by Gasteiger charge is 2.28. The van der Waals surface area contributed by atoms with Crippen LogP contribution in [0.4, 0.5) is 0 Å². The Bertz CT molecular complexity index is 1150. The fourth-order valence-corrected chi connectivity index (χ4v) is 5.19. The van der Waals surface area contributed by atoms with E-state index in [-0.39, 0.29) is 5.97 Å². The highest BCUT2D eigenvalue weighted by atomic mass is 32.2. The van der Waals surface area contributed by atoms with Crippen molar-refractivity contribution in [3.8, 4) is 0 Å². The van der Waals surface area contributed by atoms with E-state index < -0.39 is 10.0 Å². The second-order valence-corrected chi connectivity index (χ2v) is 9.32. The van der Waals surface area contributed by atoms with Crippen LogP contribution in [-0.4, -0.2) is 56.9 Å². The molecule has 156 valence electrons. The molecule has 0 saturated carbocycles. The molecule has 1 aliphatic rings. The molecule has 6 nitrogen and oxygen atoms in total. The van der Waals surface area contributed by atoms with Crippen LogP contribution in [0, 0.1) is 0 Å². The van der Waals surface area contributed by atoms with Crippen LogP contribution in [0.2, 0.25) is 0 Å². The van der Waals surface area contributed by atoms with Crippen LogP contribution in [0.5, 0.6) is 0 Å². The highest BCUT2D eigenvalue weighted by molar-refractivity contribution is 7.89. The van der Waals surface area contributed by atoms with Crippen molar-refractivity contribution >= 4 is 26.8 Å². The van der Waals surface area contributed by atoms with Gasteiger partial charge in [0.25, 0.3) is 0 Å². The lowest BCUT2D eigenvalue weighted by atomic mass is 10.1. The van der Waals surface area contributed by atoms with Crippen molar-refractivity contribution in [2.75, 3.05) is 33.3 Å². The minimum absolute atomic E-state index is 0.341. The number of piperazine rings is 1. The quantitative estimate of drug-likeness (QED) is 0.589. The van der Waals surface area contributed by atoms with Gasteiger partial charge >= 0.3 is 5.97 Å². The van der Waals surface area contributed by atoms with Gasteiger partial charge in [-0.05, 0) is 40.6 Å². The molecule has 30 heavy (non-hydrogen) atoms. The van der Waals surface area contributed by atoms with Gasteiger partial charge in [-0.15, -0.1) is 0 Å². The molecule has 1 aliphatic heterocycles. The summed E-state index contributed by atoms with van der Waals surface area (Å²) < 4.78 is 32.5. The monoisotopic (exact) mass is 424 g/mol. The zero-order valence-corrected chi connectivity index (χ0v) is 17.6. The van der Waals surface area contributed by atoms with Gasteiger partial charge in [0.05, 0.1) is 17.6 Å². The number of benzene rings is 3. The number of methoxy groups -OCH3 is 1. The second kappa shape index (κ2) is 8.55. The summed E-state index contributed by atoms with van der Waals surface area (Å²) in [4.78, 5) is 14.1. The van der Waals surface area contributed by atoms with Crippen molar-refractivity contribution in [1.29, 1.82) is 0 Å². The average Bonchev–Trinajstić information content (AvgIpc) is 2.79. The molecular formula is C23H24N2O4S. The third-order valence-corrected chi connectivity index (χ3v) is 7.37. The number of nitrogens with zero attached hydrogens (tertiary/aromatic N) is 2. The van der Waals surface area contributed by atoms with Gasteiger partial charge in [-0.25, -0.2) is 13.2 Å². The molecule has 3 aromatic rings. The Morgan fingerprint density at radius 1 is 0.900 bits per heavy atom. The number of hydrogen-bond acceptors (Lipinski definition) is 5. The summed E-state index contributed by atoms with van der Waals surface area (Å²) in [6.45, 7) is 2.94. The lowest BCUT2D eigenvalue weighted by Gasteiger charge is -2.34. The number of hydrogen-bond donors (Lipinski definition) is 0. The molecular weight excluding hydrogens is 400 g/mol. The molecule has 0 radical (unpaired) electrons. The van der Waals surface area contributed by atoms with Gasteiger partial charge in [-0.1, -0.05) is 42.5 Å². The summed E-state index contributed by atoms with van der Waals surface area (Å²) in [6.07, 6.45) is 0. The van der Waals surface area contributed by atoms with Gasteiger partial charge in [0, 0.05) is 32.7 Å². The Morgan fingerprint density at radius 2 is 1.57 bits per heavy atom. The molecule has 4 rings (SSSR count). The Labute approximate surface area is 176 Å². The summed E-state index contributed by atoms with van der Waals surface area (Å²) in [5, 5.41) is 1.95. The molecule has 0 bridgehead atoms. The van der Waals surface area contributed by atoms with Crippen molar-refractivity contribution in [2.45, 2.75) is 11.4 Å². The largest absolute Gasteiger partial charge is 0.465 e. The number of fused-ring (bicyclic) bond motifs is 1. The van der Waals surface area contributed by atoms with Gasteiger partial charge in [0.1, 0.15) is 0 Å². The Balaban J connectivity index is 1.40. The van der Waals surface area contributed by atoms with E-state index in [0.717, 1.165) is 16.3 Å². The summed E-state index contributed by atoms with van der Waals surface area (Å²) in [6, 6.07) is 20.4. The predicted molar refractivity (Wildman–Crippen MR) is 116 cm³/mol. The van der Waals surface area contributed by atoms with E-state index in [2.05, 4.69) is 4.90 Å². The first-order chi connectivity index (χ1) is 14.5. The van der Waals surface area contributed by atoms with Crippen LogP contribution in [-0.2, 0) is 21.3 Å². The van der Waals surface area contributed by atoms with E-state index in [1.807, 2.05) is 42.5 Å². The minimum Gasteiger partial charge on any atom is -0.465 e. The van der Waals surface area contributed by atoms with Crippen molar-refractivity contribution in [1.82, 2.24) is 9.21 Å². The first kappa shape index (κ1) is 20.5. The average molecular weight is 425 g/mol. The molecule has 1 fully saturated rings. The maximum absolute atomic E-state index is 13.1. The number of sulfonamides is 1. The van der Waals surface area contributed by atoms with E-state index >= 15 is 0 Å². The van der Waals surface area contributed by atoms with Gasteiger partial charge < -0.3 is 4.74 Å². The third kappa shape index (κ3) is 4.23. The molecule has 3 aromatic carbocycles. The fraction of sp³-hybridized carbons (Fsp3) is 0.261. The minimum atomic E-state index is -3.51. The van der Waals surface area contributed by atoms with Gasteiger partial charge in [0.15, 0.2) is 0 Å². The normalized spacial score (nSPS) is 15.9. The van der Waals surface area contributed by atoms with E-state index in [1.54, 1.807) is 28.6 Å². The second-order valence-electron chi connectivity index (χ2n) is 7.38. The zero-order valence-electron chi connectivity index (χ0n) is 16.8. The molecule has 0 aromatic heterocycles. The lowest BCUT2D eigenvalue weighted by Crippen LogP contribution is -2.48. The van der Waals surface area contributed by atoms with Crippen LogP contribution in [0.15, 0.2) is 71.6 Å². The molecule has 0 spiro atoms. The maximum atomic E-state index is 13.1. The predicted octanol–water partition coefficient (Wildman–Crippen LogP) is 3.13. The smallest absolute Gasteiger partial charge is 0.337 e. The number of carbonyl (C=O) groups excluding carboxylic acids is 1. The van der Waals surface area contributed by atoms with Crippen molar-refractivity contribution in [3.63, 3.8) is 0 Å². The van der Waals surface area contributed by atoms with E-state index in [4.69, 9.17) is 4.74 Å². The molecule has 7 heteroatoms. The van der Waals surface area contributed by atoms with Crippen LogP contribution in [0.25, 0.3) is 10.8 Å². The molecule has 0 N–H and O–H groups in total. The fourth-order valence-electron chi connectivity index (χ4n) is 3.73. The molecule has 1 saturated heterocycles. The summed E-state index contributed by atoms with van der Waals surface area (Å²) in [5.74, 6) is -0.353. The first-order valence-corrected chi connectivity index (χ1v) is 11.3. The molecule has 0 atom stereocenters. The van der Waals surface area contributed by atoms with Crippen molar-refractivity contribution in [3.05, 3.63) is 77.9 Å². The van der Waals surface area contributed by atoms with Crippen molar-refractivity contribution < 1.29 is 17.9 Å². The molecule has 0 unspecified atom stereocenters. The highest BCUT2D eigenvalue weighted by Crippen LogP contribution is 2.23. The Kier molecular flexibility index (Phi) is 5.85. The number of rotatable bonds is 5. The van der Waals surface area contributed by atoms with E-state index in [1.165, 1.54) is 7.11 Å². The molecule has 0 amide bonds. The summed E-state index contributed by atoms with van der Waals surface area (Å²) in [5.41, 5.74) is 1.60. The van der Waals surface area contributed by atoms with E-state index in [0.29, 0.717) is 43.2 Å². The Morgan fingerprint density at radius 3 is 2.23 bits per heavy atom. The maximum Gasteiger partial charge on any atom is 0.337 e. The number of carbonyl (C=O) groups is 1. The zero-order chi connectivity index (χ0) is 21.1. The molecule has 1 heterocycles. The first-order valence-electron chi connectivity index (χ1n) is 9.86. The number of ether oxygens (including phenoxy) is 1. The lowest BCUT2D eigenvalue weighted by molar-refractivity contribution is 0.0600. The van der Waals surface area contributed by atoms with Gasteiger partial charge in [-0.2, -0.15) is 4.31 Å². The van der Waals surface area contributed by atoms with E-state index in [9.17, 15) is 13.2 Å². The third-order valence-electron chi connectivity index (χ3n) is 5.47. The standard InChI is InChI=1S/C23H24N2O4S/c1-29-23(26)20-8-6-18(7-9-20)17-24-12-14-25(15-13-24)30(27,28)22-11-10-19-4-2-3-5-21(19)16-22/h2-11,16H,12-15,17H2,1H3. The van der Waals surface area contributed by atoms with Crippen LogP contribution >= 0.6 is 0 Å².